The number of hydrogen-bond donors (Lipinski definition) is 3. The minimum atomic E-state index is -3.96. The standard InChI is InChI=1S/C23H29ClN4O5S/c1-14(2)26-21(29)8-10-25-22(30)15(3)28-11-9-20(23(28)31)27-34(32,33)19-7-5-16-12-18(24)6-4-17(16)13-19/h4-7,12-15,20,27H,8-11H2,1-3H3,(H,25,30)(H,26,29)/t15-,20-/m0/s1. The maximum Gasteiger partial charge on any atom is 0.242 e. The van der Waals surface area contributed by atoms with E-state index < -0.39 is 33.9 Å². The van der Waals surface area contributed by atoms with Crippen molar-refractivity contribution in [2.24, 2.45) is 0 Å². The number of hydrogen-bond acceptors (Lipinski definition) is 5. The first-order valence-electron chi connectivity index (χ1n) is 11.1. The third-order valence-electron chi connectivity index (χ3n) is 5.57. The Morgan fingerprint density at radius 3 is 2.50 bits per heavy atom. The van der Waals surface area contributed by atoms with Crippen LogP contribution in [0.25, 0.3) is 10.8 Å². The summed E-state index contributed by atoms with van der Waals surface area (Å²) in [7, 11) is -3.96. The summed E-state index contributed by atoms with van der Waals surface area (Å²) in [5.41, 5.74) is 0. The molecule has 34 heavy (non-hydrogen) atoms. The Balaban J connectivity index is 1.59. The lowest BCUT2D eigenvalue weighted by Crippen LogP contribution is -2.49. The van der Waals surface area contributed by atoms with Gasteiger partial charge in [0.05, 0.1) is 4.90 Å². The van der Waals surface area contributed by atoms with Gasteiger partial charge in [0.1, 0.15) is 12.1 Å². The molecule has 3 N–H and O–H groups in total. The largest absolute Gasteiger partial charge is 0.354 e. The van der Waals surface area contributed by atoms with Crippen LogP contribution in [0.1, 0.15) is 33.6 Å². The Kier molecular flexibility index (Phi) is 8.17. The molecule has 1 fully saturated rings. The van der Waals surface area contributed by atoms with Gasteiger partial charge in [-0.25, -0.2) is 8.42 Å². The monoisotopic (exact) mass is 508 g/mol. The van der Waals surface area contributed by atoms with Crippen LogP contribution in [0.15, 0.2) is 41.3 Å². The molecule has 2 atom stereocenters. The number of carbonyl (C=O) groups is 3. The van der Waals surface area contributed by atoms with E-state index >= 15 is 0 Å². The lowest BCUT2D eigenvalue weighted by Gasteiger charge is -2.24. The van der Waals surface area contributed by atoms with E-state index in [-0.39, 0.29) is 42.8 Å². The van der Waals surface area contributed by atoms with E-state index in [1.807, 2.05) is 13.8 Å². The van der Waals surface area contributed by atoms with Gasteiger partial charge in [-0.2, -0.15) is 4.72 Å². The maximum atomic E-state index is 12.9. The molecule has 0 radical (unpaired) electrons. The van der Waals surface area contributed by atoms with Gasteiger partial charge < -0.3 is 15.5 Å². The number of halogens is 1. The van der Waals surface area contributed by atoms with Crippen LogP contribution < -0.4 is 15.4 Å². The second kappa shape index (κ2) is 10.7. The van der Waals surface area contributed by atoms with Gasteiger partial charge in [0.15, 0.2) is 0 Å². The van der Waals surface area contributed by atoms with Crippen molar-refractivity contribution in [3.05, 3.63) is 41.4 Å². The fraction of sp³-hybridized carbons (Fsp3) is 0.435. The predicted octanol–water partition coefficient (Wildman–Crippen LogP) is 1.79. The highest BCUT2D eigenvalue weighted by atomic mass is 35.5. The minimum absolute atomic E-state index is 0.0122. The van der Waals surface area contributed by atoms with Crippen molar-refractivity contribution >= 4 is 50.1 Å². The fourth-order valence-electron chi connectivity index (χ4n) is 3.80. The van der Waals surface area contributed by atoms with Crippen LogP contribution in [-0.4, -0.2) is 62.3 Å². The molecule has 1 heterocycles. The quantitative estimate of drug-likeness (QED) is 0.476. The number of likely N-dealkylation sites (tertiary alicyclic amines) is 1. The molecule has 0 unspecified atom stereocenters. The number of rotatable bonds is 9. The Morgan fingerprint density at radius 2 is 1.79 bits per heavy atom. The van der Waals surface area contributed by atoms with Gasteiger partial charge in [0.25, 0.3) is 0 Å². The molecule has 0 spiro atoms. The van der Waals surface area contributed by atoms with Gasteiger partial charge in [-0.3, -0.25) is 14.4 Å². The third kappa shape index (κ3) is 6.25. The Morgan fingerprint density at radius 1 is 1.12 bits per heavy atom. The first-order chi connectivity index (χ1) is 16.0. The van der Waals surface area contributed by atoms with Gasteiger partial charge >= 0.3 is 0 Å². The molecule has 2 aromatic rings. The smallest absolute Gasteiger partial charge is 0.242 e. The predicted molar refractivity (Wildman–Crippen MR) is 130 cm³/mol. The molecule has 184 valence electrons. The molecular formula is C23H29ClN4O5S. The fourth-order valence-corrected chi connectivity index (χ4v) is 5.23. The summed E-state index contributed by atoms with van der Waals surface area (Å²) in [5.74, 6) is -1.04. The number of nitrogens with zero attached hydrogens (tertiary/aromatic N) is 1. The average Bonchev–Trinajstić information content (AvgIpc) is 3.11. The topological polar surface area (TPSA) is 125 Å². The minimum Gasteiger partial charge on any atom is -0.354 e. The van der Waals surface area contributed by atoms with Crippen LogP contribution in [0.3, 0.4) is 0 Å². The molecule has 1 saturated heterocycles. The van der Waals surface area contributed by atoms with Crippen LogP contribution in [0.4, 0.5) is 0 Å². The Bertz CT molecular complexity index is 1200. The molecule has 0 bridgehead atoms. The first-order valence-corrected chi connectivity index (χ1v) is 12.9. The van der Waals surface area contributed by atoms with Crippen molar-refractivity contribution in [2.75, 3.05) is 13.1 Å². The van der Waals surface area contributed by atoms with Gasteiger partial charge in [0, 0.05) is 30.6 Å². The first kappa shape index (κ1) is 25.9. The number of carbonyl (C=O) groups excluding carboxylic acids is 3. The zero-order valence-corrected chi connectivity index (χ0v) is 20.9. The molecule has 2 aromatic carbocycles. The van der Waals surface area contributed by atoms with Gasteiger partial charge in [0.2, 0.25) is 27.7 Å². The van der Waals surface area contributed by atoms with Crippen LogP contribution in [0, 0.1) is 0 Å². The van der Waals surface area contributed by atoms with E-state index in [2.05, 4.69) is 15.4 Å². The van der Waals surface area contributed by atoms with E-state index in [0.29, 0.717) is 10.4 Å². The lowest BCUT2D eigenvalue weighted by atomic mass is 10.1. The van der Waals surface area contributed by atoms with E-state index in [9.17, 15) is 22.8 Å². The van der Waals surface area contributed by atoms with Crippen molar-refractivity contribution < 1.29 is 22.8 Å². The van der Waals surface area contributed by atoms with Gasteiger partial charge in [-0.1, -0.05) is 23.7 Å². The Hall–Kier alpha value is -2.69. The van der Waals surface area contributed by atoms with Crippen molar-refractivity contribution in [2.45, 2.75) is 56.6 Å². The molecule has 0 saturated carbocycles. The molecule has 0 aliphatic carbocycles. The van der Waals surface area contributed by atoms with Gasteiger partial charge in [-0.15, -0.1) is 0 Å². The van der Waals surface area contributed by atoms with Crippen molar-refractivity contribution in [3.8, 4) is 0 Å². The average molecular weight is 509 g/mol. The van der Waals surface area contributed by atoms with Crippen LogP contribution in [-0.2, 0) is 24.4 Å². The summed E-state index contributed by atoms with van der Waals surface area (Å²) >= 11 is 5.98. The molecular weight excluding hydrogens is 480 g/mol. The zero-order chi connectivity index (χ0) is 25.0. The normalized spacial score (nSPS) is 17.3. The molecule has 0 aromatic heterocycles. The highest BCUT2D eigenvalue weighted by Crippen LogP contribution is 2.24. The highest BCUT2D eigenvalue weighted by Gasteiger charge is 2.39. The van der Waals surface area contributed by atoms with E-state index in [0.717, 1.165) is 5.39 Å². The van der Waals surface area contributed by atoms with E-state index in [4.69, 9.17) is 11.6 Å². The molecule has 3 rings (SSSR count). The molecule has 3 amide bonds. The number of sulfonamides is 1. The zero-order valence-electron chi connectivity index (χ0n) is 19.3. The van der Waals surface area contributed by atoms with Crippen molar-refractivity contribution in [1.29, 1.82) is 0 Å². The molecule has 1 aliphatic rings. The summed E-state index contributed by atoms with van der Waals surface area (Å²) in [6.45, 7) is 5.65. The lowest BCUT2D eigenvalue weighted by molar-refractivity contribution is -0.137. The van der Waals surface area contributed by atoms with E-state index in [1.165, 1.54) is 17.0 Å². The van der Waals surface area contributed by atoms with Crippen molar-refractivity contribution in [1.82, 2.24) is 20.3 Å². The number of benzene rings is 2. The third-order valence-corrected chi connectivity index (χ3v) is 7.27. The summed E-state index contributed by atoms with van der Waals surface area (Å²) in [6, 6.07) is 8.05. The number of fused-ring (bicyclic) bond motifs is 1. The van der Waals surface area contributed by atoms with Gasteiger partial charge in [-0.05, 0) is 62.2 Å². The maximum absolute atomic E-state index is 12.9. The Labute approximate surface area is 204 Å². The highest BCUT2D eigenvalue weighted by molar-refractivity contribution is 7.89. The molecule has 9 nitrogen and oxygen atoms in total. The summed E-state index contributed by atoms with van der Waals surface area (Å²) < 4.78 is 28.3. The van der Waals surface area contributed by atoms with E-state index in [1.54, 1.807) is 31.2 Å². The number of nitrogens with one attached hydrogen (secondary N) is 3. The van der Waals surface area contributed by atoms with Crippen molar-refractivity contribution in [3.63, 3.8) is 0 Å². The second-order valence-corrected chi connectivity index (χ2v) is 10.7. The summed E-state index contributed by atoms with van der Waals surface area (Å²) in [5, 5.41) is 7.45. The molecule has 11 heteroatoms. The van der Waals surface area contributed by atoms with Crippen LogP contribution in [0.5, 0.6) is 0 Å². The number of amides is 3. The van der Waals surface area contributed by atoms with Crippen LogP contribution >= 0.6 is 11.6 Å². The van der Waals surface area contributed by atoms with Crippen LogP contribution in [0.2, 0.25) is 5.02 Å². The molecule has 1 aliphatic heterocycles. The second-order valence-electron chi connectivity index (χ2n) is 8.59. The summed E-state index contributed by atoms with van der Waals surface area (Å²) in [6.07, 6.45) is 0.376. The summed E-state index contributed by atoms with van der Waals surface area (Å²) in [4.78, 5) is 38.4. The SMILES string of the molecule is CC(C)NC(=O)CCNC(=O)[C@H](C)N1CC[C@H](NS(=O)(=O)c2ccc3cc(Cl)ccc3c2)C1=O.